The van der Waals surface area contributed by atoms with E-state index in [0.29, 0.717) is 6.42 Å². The Morgan fingerprint density at radius 3 is 2.15 bits per heavy atom. The summed E-state index contributed by atoms with van der Waals surface area (Å²) in [4.78, 5) is 107. The van der Waals surface area contributed by atoms with Gasteiger partial charge in [0, 0.05) is 26.4 Å². The highest BCUT2D eigenvalue weighted by Crippen LogP contribution is 2.15. The molecule has 2 aromatic rings. The molecule has 1 aliphatic rings. The molecule has 0 spiro atoms. The molecule has 0 aliphatic carbocycles. The third-order valence-corrected chi connectivity index (χ3v) is 10.1. The molecule has 0 unspecified atom stereocenters. The molecule has 1 aliphatic heterocycles. The van der Waals surface area contributed by atoms with Crippen LogP contribution in [0.3, 0.4) is 0 Å². The van der Waals surface area contributed by atoms with Crippen LogP contribution >= 0.6 is 0 Å². The van der Waals surface area contributed by atoms with Crippen molar-refractivity contribution in [2.75, 3.05) is 20.7 Å². The third kappa shape index (κ3) is 15.2. The number of carbonyl (C=O) groups excluding carboxylic acids is 7. The Morgan fingerprint density at radius 2 is 1.53 bits per heavy atom. The number of methoxy groups -OCH3 is 1. The number of urea groups is 1. The minimum Gasteiger partial charge on any atom is -0.508 e. The van der Waals surface area contributed by atoms with E-state index >= 15 is 0 Å². The largest absolute Gasteiger partial charge is 0.508 e. The number of aliphatic carboxylic acids is 1. The number of rotatable bonds is 12. The average molecular weight is 824 g/mol. The van der Waals surface area contributed by atoms with Crippen molar-refractivity contribution < 1.29 is 53.3 Å². The lowest BCUT2D eigenvalue weighted by Gasteiger charge is -2.31. The Labute approximate surface area is 343 Å². The summed E-state index contributed by atoms with van der Waals surface area (Å²) in [7, 11) is 2.55. The quantitative estimate of drug-likeness (QED) is 0.140. The molecule has 0 aromatic heterocycles. The van der Waals surface area contributed by atoms with Crippen LogP contribution in [0, 0.1) is 5.92 Å². The fraction of sp³-hybridized carbons (Fsp3) is 0.512. The number of esters is 1. The second kappa shape index (κ2) is 23.3. The molecule has 18 heteroatoms. The zero-order valence-corrected chi connectivity index (χ0v) is 34.1. The summed E-state index contributed by atoms with van der Waals surface area (Å²) in [5.74, 6) is -5.77. The van der Waals surface area contributed by atoms with Gasteiger partial charge in [-0.3, -0.25) is 28.8 Å². The summed E-state index contributed by atoms with van der Waals surface area (Å²) in [5, 5.41) is 35.2. The Morgan fingerprint density at radius 1 is 0.864 bits per heavy atom. The molecule has 1 heterocycles. The van der Waals surface area contributed by atoms with Gasteiger partial charge in [0.25, 0.3) is 0 Å². The summed E-state index contributed by atoms with van der Waals surface area (Å²) in [6.45, 7) is 4.98. The number of phenolic OH excluding ortho intramolecular Hbond substituents is 1. The second-order valence-corrected chi connectivity index (χ2v) is 14.8. The number of benzene rings is 2. The van der Waals surface area contributed by atoms with E-state index in [-0.39, 0.29) is 57.2 Å². The molecular weight excluding hydrogens is 766 g/mol. The molecular formula is C41H57N7O11. The number of nitrogens with zero attached hydrogens (tertiary/aromatic N) is 1. The van der Waals surface area contributed by atoms with Gasteiger partial charge in [0.1, 0.15) is 42.0 Å². The number of aromatic hydroxyl groups is 1. The Balaban J connectivity index is 1.96. The smallest absolute Gasteiger partial charge is 0.326 e. The average Bonchev–Trinajstić information content (AvgIpc) is 3.21. The van der Waals surface area contributed by atoms with Crippen molar-refractivity contribution in [3.8, 4) is 5.75 Å². The Bertz CT molecular complexity index is 1770. The first kappa shape index (κ1) is 47.2. The van der Waals surface area contributed by atoms with Gasteiger partial charge in [0.05, 0.1) is 7.11 Å². The topological polar surface area (TPSA) is 262 Å². The van der Waals surface area contributed by atoms with E-state index < -0.39 is 89.7 Å². The predicted octanol–water partition coefficient (Wildman–Crippen LogP) is 0.899. The van der Waals surface area contributed by atoms with Crippen LogP contribution in [0.4, 0.5) is 4.79 Å². The number of hydrogen-bond acceptors (Lipinski definition) is 10. The monoisotopic (exact) mass is 823 g/mol. The van der Waals surface area contributed by atoms with Gasteiger partial charge in [0.2, 0.25) is 29.5 Å². The van der Waals surface area contributed by atoms with E-state index in [9.17, 15) is 48.6 Å². The van der Waals surface area contributed by atoms with Crippen molar-refractivity contribution in [1.29, 1.82) is 0 Å². The molecule has 18 nitrogen and oxygen atoms in total. The Kier molecular flexibility index (Phi) is 18.6. The van der Waals surface area contributed by atoms with Crippen LogP contribution in [-0.4, -0.2) is 120 Å². The zero-order valence-electron chi connectivity index (χ0n) is 34.1. The van der Waals surface area contributed by atoms with Crippen LogP contribution < -0.4 is 31.9 Å². The number of aryl methyl sites for hydroxylation is 1. The lowest BCUT2D eigenvalue weighted by atomic mass is 9.99. The van der Waals surface area contributed by atoms with Gasteiger partial charge in [-0.25, -0.2) is 9.59 Å². The molecule has 0 radical (unpaired) electrons. The van der Waals surface area contributed by atoms with Gasteiger partial charge in [0.15, 0.2) is 0 Å². The molecule has 2 aromatic carbocycles. The highest BCUT2D eigenvalue weighted by molar-refractivity contribution is 5.96. The van der Waals surface area contributed by atoms with Crippen LogP contribution in [-0.2, 0) is 51.1 Å². The number of carboxylic acid groups (broad SMARTS) is 1. The first-order chi connectivity index (χ1) is 28.0. The number of amides is 7. The standard InChI is InChI=1S/C41H57N7O11/c1-24(2)34-38(54)43-30(19-16-26-14-17-28(49)18-15-26)39(55)48(4)25(3)35(51)44-32(23-27-11-7-6-8-12-27)36(52)42-22-10-9-13-29(37(53)47-34)45-41(58)46-31(40(56)57)20-21-33(50)59-5/h6-8,11-12,14-15,17-18,24-25,29-32,34,49H,9-10,13,16,19-23H2,1-5H3,(H,42,52)(H,43,54)(H,44,51)(H,47,53)(H,56,57)(H2,45,46,58)/t25-,29+,30-,31-,32-,34-/m0/s1. The van der Waals surface area contributed by atoms with Gasteiger partial charge >= 0.3 is 18.0 Å². The molecule has 0 saturated carbocycles. The highest BCUT2D eigenvalue weighted by Gasteiger charge is 2.35. The molecule has 6 atom stereocenters. The van der Waals surface area contributed by atoms with Crippen molar-refractivity contribution in [1.82, 2.24) is 36.8 Å². The van der Waals surface area contributed by atoms with Crippen LogP contribution in [0.1, 0.15) is 70.4 Å². The van der Waals surface area contributed by atoms with Gasteiger partial charge in [-0.15, -0.1) is 0 Å². The van der Waals surface area contributed by atoms with E-state index in [4.69, 9.17) is 0 Å². The molecule has 7 amide bonds. The van der Waals surface area contributed by atoms with Crippen molar-refractivity contribution in [3.05, 3.63) is 65.7 Å². The molecule has 322 valence electrons. The van der Waals surface area contributed by atoms with Gasteiger partial charge < -0.3 is 51.8 Å². The number of likely N-dealkylation sites (N-methyl/N-ethyl adjacent to an activating group) is 1. The molecule has 0 bridgehead atoms. The molecule has 59 heavy (non-hydrogen) atoms. The molecule has 8 N–H and O–H groups in total. The van der Waals surface area contributed by atoms with Crippen LogP contribution in [0.2, 0.25) is 0 Å². The zero-order chi connectivity index (χ0) is 43.6. The summed E-state index contributed by atoms with van der Waals surface area (Å²) >= 11 is 0. The summed E-state index contributed by atoms with van der Waals surface area (Å²) in [6, 6.07) is 7.03. The lowest BCUT2D eigenvalue weighted by molar-refractivity contribution is -0.142. The number of ether oxygens (including phenoxy) is 1. The van der Waals surface area contributed by atoms with Gasteiger partial charge in [-0.1, -0.05) is 56.3 Å². The van der Waals surface area contributed by atoms with Crippen LogP contribution in [0.15, 0.2) is 54.6 Å². The SMILES string of the molecule is COC(=O)CC[C@H](NC(=O)N[C@@H]1CCCCNC(=O)[C@H](Cc2ccccc2)NC(=O)[C@H](C)N(C)C(=O)[C@H](CCc2ccc(O)cc2)NC(=O)[C@H](C(C)C)NC1=O)C(=O)O. The minimum absolute atomic E-state index is 0.00167. The fourth-order valence-corrected chi connectivity index (χ4v) is 6.30. The number of nitrogens with one attached hydrogen (secondary N) is 6. The number of carbonyl (C=O) groups is 8. The van der Waals surface area contributed by atoms with E-state index in [1.807, 2.05) is 18.2 Å². The molecule has 3 rings (SSSR count). The highest BCUT2D eigenvalue weighted by atomic mass is 16.5. The first-order valence-corrected chi connectivity index (χ1v) is 19.6. The summed E-state index contributed by atoms with van der Waals surface area (Å²) in [6.07, 6.45) is 0.508. The maximum atomic E-state index is 14.2. The predicted molar refractivity (Wildman–Crippen MR) is 214 cm³/mol. The molecule has 1 saturated heterocycles. The van der Waals surface area contributed by atoms with Gasteiger partial charge in [-0.05, 0) is 74.6 Å². The lowest BCUT2D eigenvalue weighted by Crippen LogP contribution is -2.60. The molecule has 1 fully saturated rings. The summed E-state index contributed by atoms with van der Waals surface area (Å²) < 4.78 is 4.56. The Hall–Kier alpha value is -6.20. The maximum Gasteiger partial charge on any atom is 0.326 e. The van der Waals surface area contributed by atoms with E-state index in [1.165, 1.54) is 31.0 Å². The summed E-state index contributed by atoms with van der Waals surface area (Å²) in [5.41, 5.74) is 1.52. The van der Waals surface area contributed by atoms with E-state index in [2.05, 4.69) is 36.6 Å². The van der Waals surface area contributed by atoms with Gasteiger partial charge in [-0.2, -0.15) is 0 Å². The number of carboxylic acids is 1. The van der Waals surface area contributed by atoms with Crippen molar-refractivity contribution in [3.63, 3.8) is 0 Å². The van der Waals surface area contributed by atoms with E-state index in [1.54, 1.807) is 38.1 Å². The number of hydrogen-bond donors (Lipinski definition) is 8. The fourth-order valence-electron chi connectivity index (χ4n) is 6.30. The van der Waals surface area contributed by atoms with Crippen molar-refractivity contribution in [2.24, 2.45) is 5.92 Å². The number of phenols is 1. The van der Waals surface area contributed by atoms with Crippen molar-refractivity contribution in [2.45, 2.75) is 108 Å². The minimum atomic E-state index is -1.49. The third-order valence-electron chi connectivity index (χ3n) is 10.1. The van der Waals surface area contributed by atoms with E-state index in [0.717, 1.165) is 18.2 Å². The van der Waals surface area contributed by atoms with Crippen LogP contribution in [0.25, 0.3) is 0 Å². The first-order valence-electron chi connectivity index (χ1n) is 19.6. The van der Waals surface area contributed by atoms with Crippen LogP contribution in [0.5, 0.6) is 5.75 Å². The van der Waals surface area contributed by atoms with Crippen molar-refractivity contribution >= 4 is 47.5 Å². The normalized spacial score (nSPS) is 22.0. The maximum absolute atomic E-state index is 14.2. The second-order valence-electron chi connectivity index (χ2n) is 14.8.